The van der Waals surface area contributed by atoms with E-state index in [1.807, 2.05) is 23.9 Å². The van der Waals surface area contributed by atoms with Crippen LogP contribution < -0.4 is 5.73 Å². The number of thiophene rings is 1. The van der Waals surface area contributed by atoms with Crippen molar-refractivity contribution in [2.24, 2.45) is 5.73 Å². The lowest BCUT2D eigenvalue weighted by Gasteiger charge is -2.12. The van der Waals surface area contributed by atoms with Crippen LogP contribution in [0.25, 0.3) is 0 Å². The van der Waals surface area contributed by atoms with Crippen LogP contribution in [-0.2, 0) is 13.0 Å². The van der Waals surface area contributed by atoms with Gasteiger partial charge in [-0.2, -0.15) is 0 Å². The topological polar surface area (TPSA) is 43.8 Å². The molecule has 2 rings (SSSR count). The van der Waals surface area contributed by atoms with Gasteiger partial charge in [0.2, 0.25) is 0 Å². The molecule has 2 aromatic heterocycles. The number of imidazole rings is 1. The number of nitrogens with two attached hydrogens (primary N) is 1. The molecule has 0 unspecified atom stereocenters. The quantitative estimate of drug-likeness (QED) is 0.885. The molecule has 0 aromatic carbocycles. The van der Waals surface area contributed by atoms with Crippen LogP contribution in [0.4, 0.5) is 0 Å². The predicted molar refractivity (Wildman–Crippen MR) is 72.2 cm³/mol. The number of aromatic nitrogens is 2. The maximum Gasteiger partial charge on any atom is 0.0952 e. The van der Waals surface area contributed by atoms with Crippen molar-refractivity contribution < 1.29 is 0 Å². The summed E-state index contributed by atoms with van der Waals surface area (Å²) < 4.78 is 2.17. The molecule has 2 aromatic rings. The van der Waals surface area contributed by atoms with Crippen LogP contribution >= 0.6 is 11.3 Å². The van der Waals surface area contributed by atoms with Crippen molar-refractivity contribution in [3.05, 3.63) is 40.1 Å². The molecule has 0 fully saturated rings. The summed E-state index contributed by atoms with van der Waals surface area (Å²) in [6, 6.07) is 2.29. The van der Waals surface area contributed by atoms with Crippen LogP contribution in [0.5, 0.6) is 0 Å². The molecule has 0 aliphatic carbocycles. The first-order valence-electron chi connectivity index (χ1n) is 6.07. The molecule has 3 nitrogen and oxygen atoms in total. The second-order valence-corrected chi connectivity index (χ2v) is 5.18. The molecule has 2 N–H and O–H groups in total. The van der Waals surface area contributed by atoms with Crippen molar-refractivity contribution in [2.45, 2.75) is 39.3 Å². The van der Waals surface area contributed by atoms with E-state index in [0.29, 0.717) is 0 Å². The minimum Gasteiger partial charge on any atom is -0.328 e. The molecule has 0 bridgehead atoms. The third-order valence-electron chi connectivity index (χ3n) is 3.10. The van der Waals surface area contributed by atoms with Crippen molar-refractivity contribution in [3.63, 3.8) is 0 Å². The maximum atomic E-state index is 6.08. The lowest BCUT2D eigenvalue weighted by atomic mass is 10.1. The van der Waals surface area contributed by atoms with Crippen LogP contribution in [-0.4, -0.2) is 9.55 Å². The molecular weight excluding hydrogens is 230 g/mol. The van der Waals surface area contributed by atoms with Crippen LogP contribution in [0, 0.1) is 0 Å². The number of nitrogens with zero attached hydrogens (tertiary/aromatic N) is 2. The van der Waals surface area contributed by atoms with E-state index in [1.54, 1.807) is 0 Å². The summed E-state index contributed by atoms with van der Waals surface area (Å²) >= 11 is 1.81. The average molecular weight is 249 g/mol. The Hall–Kier alpha value is -1.13. The van der Waals surface area contributed by atoms with Gasteiger partial charge < -0.3 is 10.3 Å². The number of aryl methyl sites for hydroxylation is 1. The van der Waals surface area contributed by atoms with Crippen LogP contribution in [0.15, 0.2) is 24.0 Å². The molecule has 92 valence electrons. The molecule has 1 atom stereocenters. The first-order valence-corrected chi connectivity index (χ1v) is 6.95. The molecule has 0 saturated carbocycles. The minimum atomic E-state index is 0.0857. The Morgan fingerprint density at radius 1 is 1.47 bits per heavy atom. The maximum absolute atomic E-state index is 6.08. The van der Waals surface area contributed by atoms with Crippen molar-refractivity contribution in [2.75, 3.05) is 0 Å². The Labute approximate surface area is 106 Å². The Morgan fingerprint density at radius 3 is 3.00 bits per heavy atom. The van der Waals surface area contributed by atoms with E-state index in [2.05, 4.69) is 34.8 Å². The van der Waals surface area contributed by atoms with E-state index < -0.39 is 0 Å². The molecule has 0 aliphatic rings. The van der Waals surface area contributed by atoms with Crippen molar-refractivity contribution in [3.8, 4) is 0 Å². The summed E-state index contributed by atoms with van der Waals surface area (Å²) in [4.78, 5) is 5.63. The highest BCUT2D eigenvalue weighted by Crippen LogP contribution is 2.21. The molecule has 0 spiro atoms. The minimum absolute atomic E-state index is 0.0857. The van der Waals surface area contributed by atoms with Gasteiger partial charge in [-0.1, -0.05) is 13.8 Å². The van der Waals surface area contributed by atoms with Gasteiger partial charge in [0, 0.05) is 17.1 Å². The highest BCUT2D eigenvalue weighted by atomic mass is 32.1. The Morgan fingerprint density at radius 2 is 2.29 bits per heavy atom. The summed E-state index contributed by atoms with van der Waals surface area (Å²) in [6.45, 7) is 5.19. The summed E-state index contributed by atoms with van der Waals surface area (Å²) in [6.07, 6.45) is 5.79. The summed E-state index contributed by atoms with van der Waals surface area (Å²) in [5.41, 5.74) is 8.64. The second-order valence-electron chi connectivity index (χ2n) is 4.18. The average Bonchev–Trinajstić information content (AvgIpc) is 2.97. The van der Waals surface area contributed by atoms with E-state index in [4.69, 9.17) is 5.73 Å². The second kappa shape index (κ2) is 5.47. The van der Waals surface area contributed by atoms with E-state index >= 15 is 0 Å². The van der Waals surface area contributed by atoms with Crippen LogP contribution in [0.2, 0.25) is 0 Å². The first kappa shape index (κ1) is 12.3. The zero-order valence-corrected chi connectivity index (χ0v) is 11.2. The van der Waals surface area contributed by atoms with Gasteiger partial charge >= 0.3 is 0 Å². The molecule has 4 heteroatoms. The molecule has 17 heavy (non-hydrogen) atoms. The fraction of sp³-hybridized carbons (Fsp3) is 0.462. The van der Waals surface area contributed by atoms with E-state index in [-0.39, 0.29) is 6.04 Å². The van der Waals surface area contributed by atoms with Crippen molar-refractivity contribution in [1.29, 1.82) is 0 Å². The van der Waals surface area contributed by atoms with Gasteiger partial charge in [0.1, 0.15) is 0 Å². The van der Waals surface area contributed by atoms with Crippen LogP contribution in [0.1, 0.15) is 42.4 Å². The highest BCUT2D eigenvalue weighted by molar-refractivity contribution is 7.10. The Kier molecular flexibility index (Phi) is 3.97. The zero-order chi connectivity index (χ0) is 12.3. The predicted octanol–water partition coefficient (Wildman–Crippen LogP) is 2.97. The van der Waals surface area contributed by atoms with Crippen molar-refractivity contribution in [1.82, 2.24) is 9.55 Å². The zero-order valence-electron chi connectivity index (χ0n) is 10.4. The number of rotatable bonds is 5. The highest BCUT2D eigenvalue weighted by Gasteiger charge is 2.11. The van der Waals surface area contributed by atoms with Gasteiger partial charge in [-0.05, 0) is 29.9 Å². The molecule has 0 amide bonds. The first-order chi connectivity index (χ1) is 8.26. The lowest BCUT2D eigenvalue weighted by molar-refractivity contribution is 0.620. The van der Waals surface area contributed by atoms with Gasteiger partial charge in [0.15, 0.2) is 0 Å². The largest absolute Gasteiger partial charge is 0.328 e. The van der Waals surface area contributed by atoms with Crippen LogP contribution in [0.3, 0.4) is 0 Å². The monoisotopic (exact) mass is 249 g/mol. The van der Waals surface area contributed by atoms with Gasteiger partial charge in [-0.25, -0.2) is 4.98 Å². The fourth-order valence-electron chi connectivity index (χ4n) is 1.96. The van der Waals surface area contributed by atoms with E-state index in [1.165, 1.54) is 10.4 Å². The lowest BCUT2D eigenvalue weighted by Crippen LogP contribution is -2.14. The number of hydrogen-bond donors (Lipinski definition) is 1. The van der Waals surface area contributed by atoms with E-state index in [9.17, 15) is 0 Å². The normalized spacial score (nSPS) is 12.9. The van der Waals surface area contributed by atoms with E-state index in [0.717, 1.165) is 25.1 Å². The van der Waals surface area contributed by atoms with Crippen molar-refractivity contribution >= 4 is 11.3 Å². The van der Waals surface area contributed by atoms with Gasteiger partial charge in [0.25, 0.3) is 0 Å². The molecule has 0 aliphatic heterocycles. The molecule has 2 heterocycles. The summed E-state index contributed by atoms with van der Waals surface area (Å²) in [5.74, 6) is 0. The smallest absolute Gasteiger partial charge is 0.0952 e. The fourth-order valence-corrected chi connectivity index (χ4v) is 2.93. The summed E-state index contributed by atoms with van der Waals surface area (Å²) in [7, 11) is 0. The molecule has 0 radical (unpaired) electrons. The molecule has 0 saturated heterocycles. The standard InChI is InChI=1S/C13H19N3S/c1-3-10-5-6-17-13(10)8-16-9-15-7-12(16)11(14)4-2/h5-7,9,11H,3-4,8,14H2,1-2H3/t11-/m1/s1. The molecular formula is C13H19N3S. The van der Waals surface area contributed by atoms with Gasteiger partial charge in [-0.3, -0.25) is 0 Å². The Balaban J connectivity index is 2.22. The Bertz CT molecular complexity index is 472. The third kappa shape index (κ3) is 2.58. The summed E-state index contributed by atoms with van der Waals surface area (Å²) in [5, 5.41) is 2.16. The SMILES string of the molecule is CCc1ccsc1Cn1cncc1[C@H](N)CC. The van der Waals surface area contributed by atoms with Gasteiger partial charge in [0.05, 0.1) is 18.6 Å². The third-order valence-corrected chi connectivity index (χ3v) is 4.04. The number of hydrogen-bond acceptors (Lipinski definition) is 3. The van der Waals surface area contributed by atoms with Gasteiger partial charge in [-0.15, -0.1) is 11.3 Å².